The number of rotatable bonds is 5. The first-order chi connectivity index (χ1) is 16.4. The van der Waals surface area contributed by atoms with E-state index in [-0.39, 0.29) is 23.4 Å². The zero-order valence-corrected chi connectivity index (χ0v) is 19.6. The van der Waals surface area contributed by atoms with E-state index in [2.05, 4.69) is 25.7 Å². The summed E-state index contributed by atoms with van der Waals surface area (Å²) in [7, 11) is 0. The van der Waals surface area contributed by atoms with Crippen molar-refractivity contribution in [2.75, 3.05) is 36.5 Å². The third-order valence-corrected chi connectivity index (χ3v) is 6.40. The molecule has 2 aromatic heterocycles. The molecular formula is C24H29F2N7O. The SMILES string of the molecule is Cc1nn(C2CCNCC2)cc1Nc1ncc(F)c(-c2cc(F)c3c(c2)N(C(C)C)CCO3)n1. The molecule has 0 unspecified atom stereocenters. The molecule has 10 heteroatoms. The molecule has 1 saturated heterocycles. The number of fused-ring (bicyclic) bond motifs is 1. The highest BCUT2D eigenvalue weighted by molar-refractivity contribution is 5.73. The summed E-state index contributed by atoms with van der Waals surface area (Å²) in [6, 6.07) is 3.47. The van der Waals surface area contributed by atoms with Crippen molar-refractivity contribution in [1.82, 2.24) is 25.1 Å². The number of hydrogen-bond acceptors (Lipinski definition) is 7. The quantitative estimate of drug-likeness (QED) is 0.580. The third kappa shape index (κ3) is 4.29. The molecule has 3 aromatic rings. The van der Waals surface area contributed by atoms with Gasteiger partial charge < -0.3 is 20.3 Å². The van der Waals surface area contributed by atoms with E-state index >= 15 is 0 Å². The van der Waals surface area contributed by atoms with Gasteiger partial charge in [-0.1, -0.05) is 0 Å². The molecule has 8 nitrogen and oxygen atoms in total. The fourth-order valence-electron chi connectivity index (χ4n) is 4.59. The Balaban J connectivity index is 1.46. The molecule has 180 valence electrons. The van der Waals surface area contributed by atoms with Crippen LogP contribution < -0.4 is 20.3 Å². The van der Waals surface area contributed by atoms with Crippen LogP contribution in [0.25, 0.3) is 11.3 Å². The standard InChI is InChI=1S/C24H29F2N7O/c1-14(2)32-8-9-34-23-18(25)10-16(11-21(23)32)22-19(26)12-28-24(30-22)29-20-13-33(31-15(20)3)17-4-6-27-7-5-17/h10-14,17,27H,4-9H2,1-3H3,(H,28,29,30). The minimum atomic E-state index is -0.625. The molecule has 2 aliphatic rings. The minimum Gasteiger partial charge on any atom is -0.486 e. The molecule has 2 N–H and O–H groups in total. The van der Waals surface area contributed by atoms with E-state index in [0.717, 1.165) is 43.5 Å². The van der Waals surface area contributed by atoms with Crippen LogP contribution in [0.4, 0.5) is 26.1 Å². The highest BCUT2D eigenvalue weighted by atomic mass is 19.1. The monoisotopic (exact) mass is 469 g/mol. The maximum Gasteiger partial charge on any atom is 0.228 e. The smallest absolute Gasteiger partial charge is 0.228 e. The molecule has 4 heterocycles. The molecule has 0 saturated carbocycles. The lowest BCUT2D eigenvalue weighted by Gasteiger charge is -2.34. The number of piperidine rings is 1. The van der Waals surface area contributed by atoms with Gasteiger partial charge in [0.15, 0.2) is 17.4 Å². The van der Waals surface area contributed by atoms with E-state index in [9.17, 15) is 8.78 Å². The number of benzene rings is 1. The van der Waals surface area contributed by atoms with E-state index in [1.165, 1.54) is 6.07 Å². The fourth-order valence-corrected chi connectivity index (χ4v) is 4.59. The zero-order valence-electron chi connectivity index (χ0n) is 19.6. The van der Waals surface area contributed by atoms with Gasteiger partial charge in [0, 0.05) is 17.8 Å². The van der Waals surface area contributed by atoms with Crippen LogP contribution in [0.5, 0.6) is 5.75 Å². The Hall–Kier alpha value is -3.27. The summed E-state index contributed by atoms with van der Waals surface area (Å²) in [5.74, 6) is -0.749. The summed E-state index contributed by atoms with van der Waals surface area (Å²) in [6.07, 6.45) is 5.07. The van der Waals surface area contributed by atoms with Gasteiger partial charge in [-0.3, -0.25) is 4.68 Å². The maximum atomic E-state index is 14.9. The number of aryl methyl sites for hydroxylation is 1. The number of ether oxygens (including phenoxy) is 1. The highest BCUT2D eigenvalue weighted by Gasteiger charge is 2.26. The maximum absolute atomic E-state index is 14.9. The van der Waals surface area contributed by atoms with Gasteiger partial charge in [0.1, 0.15) is 12.3 Å². The summed E-state index contributed by atoms with van der Waals surface area (Å²) in [4.78, 5) is 10.5. The predicted molar refractivity (Wildman–Crippen MR) is 127 cm³/mol. The summed E-state index contributed by atoms with van der Waals surface area (Å²) >= 11 is 0. The van der Waals surface area contributed by atoms with Gasteiger partial charge >= 0.3 is 0 Å². The Morgan fingerprint density at radius 1 is 1.18 bits per heavy atom. The van der Waals surface area contributed by atoms with Gasteiger partial charge in [0.2, 0.25) is 5.95 Å². The van der Waals surface area contributed by atoms with Gasteiger partial charge in [-0.25, -0.2) is 18.7 Å². The van der Waals surface area contributed by atoms with Crippen molar-refractivity contribution in [2.24, 2.45) is 0 Å². The average molecular weight is 470 g/mol. The Morgan fingerprint density at radius 2 is 1.97 bits per heavy atom. The van der Waals surface area contributed by atoms with Crippen molar-refractivity contribution in [3.63, 3.8) is 0 Å². The summed E-state index contributed by atoms with van der Waals surface area (Å²) in [5, 5.41) is 11.2. The minimum absolute atomic E-state index is 0.0249. The van der Waals surface area contributed by atoms with Gasteiger partial charge in [0.05, 0.1) is 35.9 Å². The molecule has 34 heavy (non-hydrogen) atoms. The van der Waals surface area contributed by atoms with Crippen LogP contribution in [0.1, 0.15) is 38.4 Å². The number of nitrogens with zero attached hydrogens (tertiary/aromatic N) is 5. The zero-order chi connectivity index (χ0) is 23.8. The van der Waals surface area contributed by atoms with Crippen LogP contribution >= 0.6 is 0 Å². The van der Waals surface area contributed by atoms with Gasteiger partial charge in [-0.05, 0) is 58.8 Å². The summed E-state index contributed by atoms with van der Waals surface area (Å²) in [6.45, 7) is 8.93. The van der Waals surface area contributed by atoms with Crippen LogP contribution in [0.2, 0.25) is 0 Å². The molecule has 0 bridgehead atoms. The molecule has 0 amide bonds. The van der Waals surface area contributed by atoms with E-state index < -0.39 is 11.6 Å². The normalized spacial score (nSPS) is 16.5. The number of hydrogen-bond donors (Lipinski definition) is 2. The third-order valence-electron chi connectivity index (χ3n) is 6.40. The second kappa shape index (κ2) is 9.17. The van der Waals surface area contributed by atoms with Gasteiger partial charge in [-0.15, -0.1) is 0 Å². The lowest BCUT2D eigenvalue weighted by atomic mass is 10.1. The van der Waals surface area contributed by atoms with Crippen LogP contribution in [0.3, 0.4) is 0 Å². The molecule has 0 spiro atoms. The van der Waals surface area contributed by atoms with E-state index in [1.807, 2.05) is 36.5 Å². The number of halogens is 2. The molecule has 0 atom stereocenters. The first-order valence-corrected chi connectivity index (χ1v) is 11.7. The van der Waals surface area contributed by atoms with E-state index in [0.29, 0.717) is 30.4 Å². The van der Waals surface area contributed by atoms with Crippen molar-refractivity contribution in [3.05, 3.63) is 41.9 Å². The van der Waals surface area contributed by atoms with Crippen LogP contribution in [0.15, 0.2) is 24.5 Å². The molecule has 1 fully saturated rings. The molecule has 0 aliphatic carbocycles. The second-order valence-corrected chi connectivity index (χ2v) is 9.05. The topological polar surface area (TPSA) is 80.1 Å². The lowest BCUT2D eigenvalue weighted by molar-refractivity contribution is 0.287. The summed E-state index contributed by atoms with van der Waals surface area (Å²) in [5.41, 5.74) is 2.52. The van der Waals surface area contributed by atoms with Crippen molar-refractivity contribution in [2.45, 2.75) is 45.7 Å². The van der Waals surface area contributed by atoms with Gasteiger partial charge in [-0.2, -0.15) is 5.10 Å². The van der Waals surface area contributed by atoms with Crippen molar-refractivity contribution in [3.8, 4) is 17.0 Å². The number of anilines is 3. The largest absolute Gasteiger partial charge is 0.486 e. The Kier molecular flexibility index (Phi) is 6.07. The van der Waals surface area contributed by atoms with Crippen molar-refractivity contribution >= 4 is 17.3 Å². The Labute approximate surface area is 197 Å². The predicted octanol–water partition coefficient (Wildman–Crippen LogP) is 4.20. The van der Waals surface area contributed by atoms with Crippen LogP contribution in [0, 0.1) is 18.6 Å². The first-order valence-electron chi connectivity index (χ1n) is 11.7. The molecule has 2 aliphatic heterocycles. The molecule has 0 radical (unpaired) electrons. The van der Waals surface area contributed by atoms with E-state index in [4.69, 9.17) is 4.74 Å². The Bertz CT molecular complexity index is 1190. The highest BCUT2D eigenvalue weighted by Crippen LogP contribution is 2.39. The lowest BCUT2D eigenvalue weighted by Crippen LogP contribution is -2.38. The summed E-state index contributed by atoms with van der Waals surface area (Å²) < 4.78 is 37.2. The van der Waals surface area contributed by atoms with Crippen molar-refractivity contribution < 1.29 is 13.5 Å². The fraction of sp³-hybridized carbons (Fsp3) is 0.458. The number of aromatic nitrogens is 4. The van der Waals surface area contributed by atoms with Crippen molar-refractivity contribution in [1.29, 1.82) is 0 Å². The second-order valence-electron chi connectivity index (χ2n) is 9.05. The van der Waals surface area contributed by atoms with Gasteiger partial charge in [0.25, 0.3) is 0 Å². The molecule has 1 aromatic carbocycles. The van der Waals surface area contributed by atoms with E-state index in [1.54, 1.807) is 6.07 Å². The average Bonchev–Trinajstić information content (AvgIpc) is 3.20. The van der Waals surface area contributed by atoms with Crippen LogP contribution in [-0.4, -0.2) is 52.0 Å². The molecular weight excluding hydrogens is 440 g/mol. The van der Waals surface area contributed by atoms with Crippen LogP contribution in [-0.2, 0) is 0 Å². The first kappa shape index (κ1) is 22.5. The molecule has 5 rings (SSSR count). The Morgan fingerprint density at radius 3 is 2.74 bits per heavy atom. The number of nitrogens with one attached hydrogen (secondary N) is 2.